The van der Waals surface area contributed by atoms with Gasteiger partial charge in [0.2, 0.25) is 5.88 Å². The number of benzene rings is 1. The molecule has 4 heteroatoms. The minimum absolute atomic E-state index is 0.0665. The van der Waals surface area contributed by atoms with E-state index in [4.69, 9.17) is 9.84 Å². The van der Waals surface area contributed by atoms with Gasteiger partial charge < -0.3 is 9.84 Å². The van der Waals surface area contributed by atoms with Crippen molar-refractivity contribution in [1.29, 1.82) is 0 Å². The number of nitrogens with zero attached hydrogens (tertiary/aromatic N) is 1. The lowest BCUT2D eigenvalue weighted by atomic mass is 10.1. The number of ether oxygens (including phenoxy) is 1. The Morgan fingerprint density at radius 3 is 2.65 bits per heavy atom. The van der Waals surface area contributed by atoms with E-state index in [0.717, 1.165) is 0 Å². The van der Waals surface area contributed by atoms with Gasteiger partial charge in [0.1, 0.15) is 5.75 Å². The fraction of sp³-hybridized carbons (Fsp3) is 0.0769. The van der Waals surface area contributed by atoms with Gasteiger partial charge in [-0.25, -0.2) is 4.98 Å². The molecule has 0 saturated heterocycles. The first-order chi connectivity index (χ1) is 8.25. The van der Waals surface area contributed by atoms with Gasteiger partial charge in [0.25, 0.3) is 0 Å². The van der Waals surface area contributed by atoms with Crippen molar-refractivity contribution in [3.8, 4) is 11.6 Å². The van der Waals surface area contributed by atoms with Gasteiger partial charge in [0.05, 0.1) is 6.42 Å². The Morgan fingerprint density at radius 1 is 1.18 bits per heavy atom. The molecule has 1 aromatic carbocycles. The van der Waals surface area contributed by atoms with E-state index < -0.39 is 5.97 Å². The molecule has 2 rings (SSSR count). The summed E-state index contributed by atoms with van der Waals surface area (Å²) in [6.07, 6.45) is 1.55. The number of carboxylic acids is 1. The van der Waals surface area contributed by atoms with Crippen molar-refractivity contribution in [3.05, 3.63) is 54.2 Å². The molecule has 0 saturated carbocycles. The van der Waals surface area contributed by atoms with E-state index in [2.05, 4.69) is 4.98 Å². The minimum Gasteiger partial charge on any atom is -0.481 e. The molecule has 0 spiro atoms. The summed E-state index contributed by atoms with van der Waals surface area (Å²) in [5, 5.41) is 8.79. The fourth-order valence-corrected chi connectivity index (χ4v) is 1.43. The predicted molar refractivity (Wildman–Crippen MR) is 62.1 cm³/mol. The molecular formula is C13H11NO3. The van der Waals surface area contributed by atoms with Crippen LogP contribution in [-0.4, -0.2) is 16.1 Å². The van der Waals surface area contributed by atoms with Crippen LogP contribution in [0.5, 0.6) is 11.6 Å². The van der Waals surface area contributed by atoms with Crippen molar-refractivity contribution in [2.45, 2.75) is 6.42 Å². The second-order valence-corrected chi connectivity index (χ2v) is 3.45. The van der Waals surface area contributed by atoms with E-state index in [1.807, 2.05) is 6.07 Å². The van der Waals surface area contributed by atoms with E-state index >= 15 is 0 Å². The number of aliphatic carboxylic acids is 1. The largest absolute Gasteiger partial charge is 0.481 e. The average molecular weight is 229 g/mol. The van der Waals surface area contributed by atoms with Crippen molar-refractivity contribution >= 4 is 5.97 Å². The zero-order chi connectivity index (χ0) is 12.1. The van der Waals surface area contributed by atoms with Gasteiger partial charge in [0, 0.05) is 17.8 Å². The summed E-state index contributed by atoms with van der Waals surface area (Å²) in [6, 6.07) is 12.3. The second kappa shape index (κ2) is 5.12. The summed E-state index contributed by atoms with van der Waals surface area (Å²) in [5.41, 5.74) is 0.630. The summed E-state index contributed by atoms with van der Waals surface area (Å²) >= 11 is 0. The van der Waals surface area contributed by atoms with Gasteiger partial charge >= 0.3 is 5.97 Å². The molecule has 2 aromatic rings. The standard InChI is InChI=1S/C13H11NO3/c15-13(16)9-10-5-1-2-6-11(10)17-12-7-3-4-8-14-12/h1-8H,9H2,(H,15,16). The van der Waals surface area contributed by atoms with Crippen LogP contribution in [0, 0.1) is 0 Å². The molecule has 4 nitrogen and oxygen atoms in total. The molecule has 17 heavy (non-hydrogen) atoms. The number of rotatable bonds is 4. The van der Waals surface area contributed by atoms with Crippen LogP contribution in [0.3, 0.4) is 0 Å². The summed E-state index contributed by atoms with van der Waals surface area (Å²) < 4.78 is 5.54. The van der Waals surface area contributed by atoms with Crippen LogP contribution >= 0.6 is 0 Å². The first-order valence-electron chi connectivity index (χ1n) is 5.14. The van der Waals surface area contributed by atoms with Gasteiger partial charge in [-0.2, -0.15) is 0 Å². The van der Waals surface area contributed by atoms with Crippen LogP contribution in [-0.2, 0) is 11.2 Å². The minimum atomic E-state index is -0.887. The summed E-state index contributed by atoms with van der Waals surface area (Å²) in [6.45, 7) is 0. The number of aromatic nitrogens is 1. The van der Waals surface area contributed by atoms with Gasteiger partial charge in [-0.05, 0) is 12.1 Å². The number of carbonyl (C=O) groups is 1. The predicted octanol–water partition coefficient (Wildman–Crippen LogP) is 2.50. The van der Waals surface area contributed by atoms with Crippen LogP contribution in [0.2, 0.25) is 0 Å². The molecule has 1 N–H and O–H groups in total. The third-order valence-corrected chi connectivity index (χ3v) is 2.17. The Balaban J connectivity index is 2.23. The lowest BCUT2D eigenvalue weighted by Gasteiger charge is -2.08. The molecular weight excluding hydrogens is 218 g/mol. The quantitative estimate of drug-likeness (QED) is 0.875. The third kappa shape index (κ3) is 3.04. The SMILES string of the molecule is O=C(O)Cc1ccccc1Oc1ccccn1. The third-order valence-electron chi connectivity index (χ3n) is 2.17. The summed E-state index contributed by atoms with van der Waals surface area (Å²) in [7, 11) is 0. The maximum atomic E-state index is 10.7. The van der Waals surface area contributed by atoms with E-state index in [-0.39, 0.29) is 6.42 Å². The number of para-hydroxylation sites is 1. The van der Waals surface area contributed by atoms with E-state index in [0.29, 0.717) is 17.2 Å². The van der Waals surface area contributed by atoms with E-state index in [1.165, 1.54) is 0 Å². The highest BCUT2D eigenvalue weighted by atomic mass is 16.5. The molecule has 0 unspecified atom stereocenters. The maximum Gasteiger partial charge on any atom is 0.307 e. The number of hydrogen-bond donors (Lipinski definition) is 1. The summed E-state index contributed by atoms with van der Waals surface area (Å²) in [5.74, 6) is 0.0843. The Hall–Kier alpha value is -2.36. The lowest BCUT2D eigenvalue weighted by molar-refractivity contribution is -0.136. The topological polar surface area (TPSA) is 59.4 Å². The Labute approximate surface area is 98.5 Å². The van der Waals surface area contributed by atoms with Gasteiger partial charge in [0.15, 0.2) is 0 Å². The Bertz CT molecular complexity index is 511. The Kier molecular flexibility index (Phi) is 3.35. The lowest BCUT2D eigenvalue weighted by Crippen LogP contribution is -2.02. The zero-order valence-electron chi connectivity index (χ0n) is 9.04. The van der Waals surface area contributed by atoms with Crippen molar-refractivity contribution in [2.75, 3.05) is 0 Å². The highest BCUT2D eigenvalue weighted by Gasteiger charge is 2.08. The van der Waals surface area contributed by atoms with Crippen molar-refractivity contribution < 1.29 is 14.6 Å². The number of carboxylic acid groups (broad SMARTS) is 1. The number of hydrogen-bond acceptors (Lipinski definition) is 3. The van der Waals surface area contributed by atoms with E-state index in [9.17, 15) is 4.79 Å². The maximum absolute atomic E-state index is 10.7. The number of pyridine rings is 1. The molecule has 0 aliphatic rings. The molecule has 0 radical (unpaired) electrons. The smallest absolute Gasteiger partial charge is 0.307 e. The first kappa shape index (κ1) is 11.1. The van der Waals surface area contributed by atoms with E-state index in [1.54, 1.807) is 42.6 Å². The van der Waals surface area contributed by atoms with Crippen molar-refractivity contribution in [2.24, 2.45) is 0 Å². The molecule has 0 aliphatic heterocycles. The van der Waals surface area contributed by atoms with Crippen LogP contribution in [0.25, 0.3) is 0 Å². The normalized spacial score (nSPS) is 9.88. The summed E-state index contributed by atoms with van der Waals surface area (Å²) in [4.78, 5) is 14.7. The first-order valence-corrected chi connectivity index (χ1v) is 5.14. The molecule has 0 atom stereocenters. The van der Waals surface area contributed by atoms with Gasteiger partial charge in [-0.1, -0.05) is 24.3 Å². The van der Waals surface area contributed by atoms with Crippen LogP contribution in [0.15, 0.2) is 48.7 Å². The van der Waals surface area contributed by atoms with Gasteiger partial charge in [-0.3, -0.25) is 4.79 Å². The van der Waals surface area contributed by atoms with Crippen LogP contribution < -0.4 is 4.74 Å². The average Bonchev–Trinajstić information content (AvgIpc) is 2.32. The highest BCUT2D eigenvalue weighted by Crippen LogP contribution is 2.23. The molecule has 0 aliphatic carbocycles. The van der Waals surface area contributed by atoms with Crippen molar-refractivity contribution in [3.63, 3.8) is 0 Å². The molecule has 86 valence electrons. The monoisotopic (exact) mass is 229 g/mol. The van der Waals surface area contributed by atoms with Crippen molar-refractivity contribution in [1.82, 2.24) is 4.98 Å². The molecule has 0 bridgehead atoms. The molecule has 0 fully saturated rings. The highest BCUT2D eigenvalue weighted by molar-refractivity contribution is 5.71. The Morgan fingerprint density at radius 2 is 1.94 bits per heavy atom. The molecule has 1 heterocycles. The zero-order valence-corrected chi connectivity index (χ0v) is 9.04. The van der Waals surface area contributed by atoms with Crippen LogP contribution in [0.4, 0.5) is 0 Å². The molecule has 1 aromatic heterocycles. The second-order valence-electron chi connectivity index (χ2n) is 3.45. The molecule has 0 amide bonds. The fourth-order valence-electron chi connectivity index (χ4n) is 1.43. The van der Waals surface area contributed by atoms with Crippen LogP contribution in [0.1, 0.15) is 5.56 Å². The van der Waals surface area contributed by atoms with Gasteiger partial charge in [-0.15, -0.1) is 0 Å².